The van der Waals surface area contributed by atoms with Crippen molar-refractivity contribution in [3.63, 3.8) is 0 Å². The van der Waals surface area contributed by atoms with Crippen LogP contribution < -0.4 is 5.32 Å². The van der Waals surface area contributed by atoms with E-state index in [9.17, 15) is 4.79 Å². The van der Waals surface area contributed by atoms with E-state index < -0.39 is 0 Å². The molecule has 3 heterocycles. The third kappa shape index (κ3) is 3.19. The van der Waals surface area contributed by atoms with Crippen LogP contribution in [0.1, 0.15) is 17.4 Å². The normalized spacial score (nSPS) is 18.9. The van der Waals surface area contributed by atoms with Gasteiger partial charge in [0, 0.05) is 45.3 Å². The highest BCUT2D eigenvalue weighted by Crippen LogP contribution is 2.23. The highest BCUT2D eigenvalue weighted by molar-refractivity contribution is 5.90. The van der Waals surface area contributed by atoms with Gasteiger partial charge in [0.1, 0.15) is 5.82 Å². The number of hydrogen-bond acceptors (Lipinski definition) is 4. The molecule has 1 unspecified atom stereocenters. The third-order valence-corrected chi connectivity index (χ3v) is 4.37. The van der Waals surface area contributed by atoms with Crippen LogP contribution >= 0.6 is 0 Å². The Labute approximate surface area is 135 Å². The molecule has 1 N–H and O–H groups in total. The molecule has 2 aromatic rings. The summed E-state index contributed by atoms with van der Waals surface area (Å²) in [6.07, 6.45) is 7.12. The molecule has 1 aliphatic heterocycles. The highest BCUT2D eigenvalue weighted by atomic mass is 16.2. The lowest BCUT2D eigenvalue weighted by Crippen LogP contribution is -2.50. The van der Waals surface area contributed by atoms with Crippen molar-refractivity contribution >= 4 is 11.7 Å². The van der Waals surface area contributed by atoms with Crippen molar-refractivity contribution in [2.24, 2.45) is 7.05 Å². The molecule has 0 radical (unpaired) electrons. The van der Waals surface area contributed by atoms with Gasteiger partial charge in [-0.1, -0.05) is 0 Å². The molecule has 23 heavy (non-hydrogen) atoms. The molecule has 122 valence electrons. The van der Waals surface area contributed by atoms with E-state index in [2.05, 4.69) is 27.2 Å². The first kappa shape index (κ1) is 15.5. The summed E-state index contributed by atoms with van der Waals surface area (Å²) in [7, 11) is 4.05. The number of imidazole rings is 1. The van der Waals surface area contributed by atoms with Crippen molar-refractivity contribution in [2.45, 2.75) is 13.0 Å². The number of nitrogens with one attached hydrogen (secondary N) is 1. The van der Waals surface area contributed by atoms with Gasteiger partial charge in [-0.05, 0) is 25.6 Å². The van der Waals surface area contributed by atoms with Gasteiger partial charge in [-0.3, -0.25) is 9.88 Å². The number of aromatic nitrogens is 3. The van der Waals surface area contributed by atoms with Crippen LogP contribution in [-0.2, 0) is 7.05 Å². The average molecular weight is 314 g/mol. The van der Waals surface area contributed by atoms with Gasteiger partial charge in [0.05, 0.1) is 17.9 Å². The summed E-state index contributed by atoms with van der Waals surface area (Å²) >= 11 is 0. The van der Waals surface area contributed by atoms with Crippen LogP contribution in [0, 0.1) is 6.92 Å². The lowest BCUT2D eigenvalue weighted by Gasteiger charge is -2.38. The summed E-state index contributed by atoms with van der Waals surface area (Å²) in [5.74, 6) is 0.975. The molecule has 3 rings (SSSR count). The monoisotopic (exact) mass is 314 g/mol. The second-order valence-electron chi connectivity index (χ2n) is 5.96. The molecule has 7 heteroatoms. The Morgan fingerprint density at radius 2 is 2.13 bits per heavy atom. The predicted octanol–water partition coefficient (Wildman–Crippen LogP) is 1.64. The van der Waals surface area contributed by atoms with Crippen molar-refractivity contribution in [1.29, 1.82) is 0 Å². The zero-order chi connectivity index (χ0) is 16.4. The van der Waals surface area contributed by atoms with E-state index in [-0.39, 0.29) is 12.1 Å². The maximum Gasteiger partial charge on any atom is 0.322 e. The molecular formula is C16H22N6O. The van der Waals surface area contributed by atoms with Gasteiger partial charge in [0.15, 0.2) is 0 Å². The minimum atomic E-state index is -0.0894. The molecule has 1 atom stereocenters. The van der Waals surface area contributed by atoms with Gasteiger partial charge in [0.25, 0.3) is 0 Å². The van der Waals surface area contributed by atoms with Crippen LogP contribution in [0.15, 0.2) is 30.9 Å². The first-order chi connectivity index (χ1) is 11.1. The number of urea groups is 1. The third-order valence-electron chi connectivity index (χ3n) is 4.37. The molecule has 0 aromatic carbocycles. The first-order valence-electron chi connectivity index (χ1n) is 7.70. The molecule has 1 fully saturated rings. The molecule has 1 aliphatic rings. The smallest absolute Gasteiger partial charge is 0.322 e. The number of anilines is 1. The average Bonchev–Trinajstić information content (AvgIpc) is 2.96. The second kappa shape index (κ2) is 6.37. The molecule has 0 saturated carbocycles. The second-order valence-corrected chi connectivity index (χ2v) is 5.96. The summed E-state index contributed by atoms with van der Waals surface area (Å²) < 4.78 is 2.01. The molecule has 0 bridgehead atoms. The summed E-state index contributed by atoms with van der Waals surface area (Å²) in [6, 6.07) is 1.90. The Balaban J connectivity index is 1.72. The van der Waals surface area contributed by atoms with Crippen molar-refractivity contribution in [3.05, 3.63) is 42.2 Å². The quantitative estimate of drug-likeness (QED) is 0.915. The minimum absolute atomic E-state index is 0.0894. The largest absolute Gasteiger partial charge is 0.337 e. The number of carbonyl (C=O) groups excluding carboxylic acids is 1. The Kier molecular flexibility index (Phi) is 4.29. The van der Waals surface area contributed by atoms with E-state index in [0.717, 1.165) is 23.6 Å². The fourth-order valence-electron chi connectivity index (χ4n) is 2.82. The molecule has 1 saturated heterocycles. The number of pyridine rings is 1. The number of aryl methyl sites for hydroxylation is 2. The van der Waals surface area contributed by atoms with Gasteiger partial charge < -0.3 is 14.8 Å². The molecule has 2 aromatic heterocycles. The summed E-state index contributed by atoms with van der Waals surface area (Å²) in [6.45, 7) is 4.09. The Bertz CT molecular complexity index is 697. The summed E-state index contributed by atoms with van der Waals surface area (Å²) in [5.41, 5.74) is 1.76. The van der Waals surface area contributed by atoms with Crippen molar-refractivity contribution in [1.82, 2.24) is 24.3 Å². The van der Waals surface area contributed by atoms with E-state index in [1.54, 1.807) is 18.6 Å². The topological polar surface area (TPSA) is 66.3 Å². The number of hydrogen-bond donors (Lipinski definition) is 1. The van der Waals surface area contributed by atoms with E-state index in [1.807, 2.05) is 35.7 Å². The number of amides is 2. The minimum Gasteiger partial charge on any atom is -0.337 e. The van der Waals surface area contributed by atoms with Crippen LogP contribution in [-0.4, -0.2) is 57.0 Å². The standard InChI is InChI=1S/C16H22N6O/c1-12-4-5-17-10-13(12)19-16(23)22-9-8-20(2)14(11-22)15-18-6-7-21(15)3/h4-7,10,14H,8-9,11H2,1-3H3,(H,19,23). The van der Waals surface area contributed by atoms with Crippen molar-refractivity contribution in [3.8, 4) is 0 Å². The highest BCUT2D eigenvalue weighted by Gasteiger charge is 2.30. The van der Waals surface area contributed by atoms with E-state index in [0.29, 0.717) is 13.1 Å². The number of likely N-dealkylation sites (N-methyl/N-ethyl adjacent to an activating group) is 1. The number of carbonyl (C=O) groups is 1. The van der Waals surface area contributed by atoms with Gasteiger partial charge >= 0.3 is 6.03 Å². The van der Waals surface area contributed by atoms with Gasteiger partial charge in [0.2, 0.25) is 0 Å². The van der Waals surface area contributed by atoms with Gasteiger partial charge in [-0.2, -0.15) is 0 Å². The number of nitrogens with zero attached hydrogens (tertiary/aromatic N) is 5. The van der Waals surface area contributed by atoms with Crippen molar-refractivity contribution in [2.75, 3.05) is 32.0 Å². The Morgan fingerprint density at radius 3 is 2.83 bits per heavy atom. The molecule has 2 amide bonds. The molecule has 7 nitrogen and oxygen atoms in total. The fourth-order valence-corrected chi connectivity index (χ4v) is 2.82. The number of piperazine rings is 1. The first-order valence-corrected chi connectivity index (χ1v) is 7.70. The van der Waals surface area contributed by atoms with Gasteiger partial charge in [-0.25, -0.2) is 9.78 Å². The lowest BCUT2D eigenvalue weighted by atomic mass is 10.1. The van der Waals surface area contributed by atoms with Crippen LogP contribution in [0.25, 0.3) is 0 Å². The summed E-state index contributed by atoms with van der Waals surface area (Å²) in [4.78, 5) is 25.1. The summed E-state index contributed by atoms with van der Waals surface area (Å²) in [5, 5.41) is 2.95. The van der Waals surface area contributed by atoms with Crippen LogP contribution in [0.3, 0.4) is 0 Å². The van der Waals surface area contributed by atoms with E-state index in [4.69, 9.17) is 0 Å². The van der Waals surface area contributed by atoms with Crippen molar-refractivity contribution < 1.29 is 4.79 Å². The molecule has 0 spiro atoms. The molecule has 0 aliphatic carbocycles. The maximum absolute atomic E-state index is 12.6. The lowest BCUT2D eigenvalue weighted by molar-refractivity contribution is 0.110. The van der Waals surface area contributed by atoms with E-state index in [1.165, 1.54) is 0 Å². The zero-order valence-corrected chi connectivity index (χ0v) is 13.7. The predicted molar refractivity (Wildman–Crippen MR) is 88.1 cm³/mol. The van der Waals surface area contributed by atoms with Crippen LogP contribution in [0.5, 0.6) is 0 Å². The molecular weight excluding hydrogens is 292 g/mol. The fraction of sp³-hybridized carbons (Fsp3) is 0.438. The van der Waals surface area contributed by atoms with E-state index >= 15 is 0 Å². The number of rotatable bonds is 2. The van der Waals surface area contributed by atoms with Gasteiger partial charge in [-0.15, -0.1) is 0 Å². The zero-order valence-electron chi connectivity index (χ0n) is 13.7. The van der Waals surface area contributed by atoms with Crippen LogP contribution in [0.2, 0.25) is 0 Å². The maximum atomic E-state index is 12.6. The SMILES string of the molecule is Cc1ccncc1NC(=O)N1CCN(C)C(c2nccn2C)C1. The Morgan fingerprint density at radius 1 is 1.30 bits per heavy atom. The Hall–Kier alpha value is -2.41. The van der Waals surface area contributed by atoms with Crippen LogP contribution in [0.4, 0.5) is 10.5 Å².